The molecule has 0 unspecified atom stereocenters. The molecule has 2 N–H and O–H groups in total. The van der Waals surface area contributed by atoms with E-state index in [1.54, 1.807) is 66.5 Å². The van der Waals surface area contributed by atoms with Crippen LogP contribution in [0.25, 0.3) is 0 Å². The number of nitro groups is 1. The average molecular weight is 843 g/mol. The van der Waals surface area contributed by atoms with E-state index in [4.69, 9.17) is 14.2 Å². The summed E-state index contributed by atoms with van der Waals surface area (Å²) in [6, 6.07) is 35.7. The number of nitrogens with one attached hydrogen (secondary N) is 1. The summed E-state index contributed by atoms with van der Waals surface area (Å²) in [6.07, 6.45) is -0.829. The molecule has 2 aliphatic rings. The van der Waals surface area contributed by atoms with Gasteiger partial charge in [-0.05, 0) is 71.3 Å². The monoisotopic (exact) mass is 842 g/mol. The molecule has 7 rings (SSSR count). The minimum Gasteiger partial charge on any atom is -0.497 e. The number of aliphatic hydroxyl groups is 1. The van der Waals surface area contributed by atoms with Crippen LogP contribution in [0.5, 0.6) is 11.5 Å². The van der Waals surface area contributed by atoms with Crippen molar-refractivity contribution in [3.63, 3.8) is 0 Å². The highest BCUT2D eigenvalue weighted by atomic mass is 28.3. The second-order valence-corrected chi connectivity index (χ2v) is 20.8. The Balaban J connectivity index is 1.24. The molecule has 0 radical (unpaired) electrons. The van der Waals surface area contributed by atoms with Gasteiger partial charge in [-0.3, -0.25) is 24.5 Å². The third-order valence-corrected chi connectivity index (χ3v) is 16.6. The molecule has 1 saturated heterocycles. The lowest BCUT2D eigenvalue weighted by atomic mass is 9.82. The molecular weight excluding hydrogens is 793 g/mol. The number of amides is 3. The summed E-state index contributed by atoms with van der Waals surface area (Å²) in [7, 11) is 0.488. The number of hydrogen-bond acceptors (Lipinski definition) is 9. The Kier molecular flexibility index (Phi) is 12.4. The van der Waals surface area contributed by atoms with Gasteiger partial charge in [0, 0.05) is 48.0 Å². The first-order valence-electron chi connectivity index (χ1n) is 20.2. The van der Waals surface area contributed by atoms with E-state index in [0.717, 1.165) is 16.3 Å². The average Bonchev–Trinajstić information content (AvgIpc) is 3.69. The summed E-state index contributed by atoms with van der Waals surface area (Å²) in [5.41, 5.74) is 1.40. The van der Waals surface area contributed by atoms with Gasteiger partial charge >= 0.3 is 0 Å². The smallest absolute Gasteiger partial charge is 0.269 e. The number of anilines is 2. The van der Waals surface area contributed by atoms with Crippen molar-refractivity contribution >= 4 is 48.0 Å². The zero-order valence-corrected chi connectivity index (χ0v) is 35.9. The lowest BCUT2D eigenvalue weighted by Crippen LogP contribution is -2.52. The van der Waals surface area contributed by atoms with E-state index in [9.17, 15) is 24.8 Å². The van der Waals surface area contributed by atoms with E-state index in [2.05, 4.69) is 18.4 Å². The lowest BCUT2D eigenvalue weighted by molar-refractivity contribution is -0.385. The van der Waals surface area contributed by atoms with Gasteiger partial charge in [0.2, 0.25) is 5.91 Å². The van der Waals surface area contributed by atoms with Gasteiger partial charge in [-0.25, -0.2) is 0 Å². The summed E-state index contributed by atoms with van der Waals surface area (Å²) in [6.45, 7) is 6.63. The molecule has 3 amide bonds. The molecule has 5 aromatic rings. The van der Waals surface area contributed by atoms with E-state index >= 15 is 4.79 Å². The molecule has 0 bridgehead atoms. The van der Waals surface area contributed by atoms with Crippen LogP contribution in [0.3, 0.4) is 0 Å². The van der Waals surface area contributed by atoms with Gasteiger partial charge in [-0.1, -0.05) is 79.8 Å². The van der Waals surface area contributed by atoms with Crippen molar-refractivity contribution in [3.8, 4) is 11.5 Å². The van der Waals surface area contributed by atoms with Crippen molar-refractivity contribution in [2.45, 2.75) is 56.8 Å². The maximum Gasteiger partial charge on any atom is 0.269 e. The largest absolute Gasteiger partial charge is 0.497 e. The molecule has 13 nitrogen and oxygen atoms in total. The van der Waals surface area contributed by atoms with Crippen LogP contribution in [0.1, 0.15) is 40.4 Å². The molecular formula is C47H50N4O9Si. The molecule has 1 fully saturated rings. The number of fused-ring (bicyclic) bond motifs is 2. The number of hydrogen-bond donors (Lipinski definition) is 2. The number of nitrogens with zero attached hydrogens (tertiary/aromatic N) is 3. The Morgan fingerprint density at radius 3 is 2.15 bits per heavy atom. The van der Waals surface area contributed by atoms with Gasteiger partial charge in [-0.15, -0.1) is 0 Å². The summed E-state index contributed by atoms with van der Waals surface area (Å²) in [4.78, 5) is 57.7. The fraction of sp³-hybridized carbons (Fsp3) is 0.298. The number of rotatable bonds is 15. The number of benzene rings is 5. The molecule has 5 aromatic carbocycles. The Morgan fingerprint density at radius 1 is 0.902 bits per heavy atom. The predicted octanol–water partition coefficient (Wildman–Crippen LogP) is 7.04. The van der Waals surface area contributed by atoms with Crippen molar-refractivity contribution in [3.05, 3.63) is 154 Å². The second-order valence-electron chi connectivity index (χ2n) is 16.1. The zero-order valence-electron chi connectivity index (χ0n) is 34.9. The number of carbonyl (C=O) groups is 3. The number of nitro benzene ring substituents is 1. The van der Waals surface area contributed by atoms with E-state index in [1.807, 2.05) is 73.7 Å². The fourth-order valence-corrected chi connectivity index (χ4v) is 13.1. The Morgan fingerprint density at radius 2 is 1.54 bits per heavy atom. The highest BCUT2D eigenvalue weighted by Crippen LogP contribution is 2.60. The molecule has 61 heavy (non-hydrogen) atoms. The molecule has 2 heterocycles. The highest BCUT2D eigenvalue weighted by Gasteiger charge is 2.66. The Labute approximate surface area is 356 Å². The van der Waals surface area contributed by atoms with Crippen LogP contribution < -0.4 is 24.9 Å². The topological polar surface area (TPSA) is 161 Å². The van der Waals surface area contributed by atoms with Crippen molar-refractivity contribution in [1.82, 2.24) is 4.90 Å². The number of non-ortho nitro benzene ring substituents is 1. The van der Waals surface area contributed by atoms with E-state index in [-0.39, 0.29) is 61.6 Å². The molecule has 316 valence electrons. The minimum absolute atomic E-state index is 0.0720. The third-order valence-electron chi connectivity index (χ3n) is 12.2. The third kappa shape index (κ3) is 8.38. The van der Waals surface area contributed by atoms with Crippen LogP contribution in [0.4, 0.5) is 17.1 Å². The fourth-order valence-electron chi connectivity index (χ4n) is 9.11. The van der Waals surface area contributed by atoms with Crippen molar-refractivity contribution in [2.24, 2.45) is 5.92 Å². The molecule has 0 aromatic heterocycles. The van der Waals surface area contributed by atoms with Crippen molar-refractivity contribution < 1.29 is 38.6 Å². The minimum atomic E-state index is -2.67. The molecule has 4 atom stereocenters. The van der Waals surface area contributed by atoms with Crippen LogP contribution in [0, 0.1) is 16.0 Å². The quantitative estimate of drug-likeness (QED) is 0.0641. The molecule has 14 heteroatoms. The van der Waals surface area contributed by atoms with Crippen LogP contribution in [0.2, 0.25) is 18.6 Å². The number of carbonyl (C=O) groups excluding carboxylic acids is 3. The summed E-state index contributed by atoms with van der Waals surface area (Å²) >= 11 is 0. The molecule has 0 saturated carbocycles. The van der Waals surface area contributed by atoms with Crippen LogP contribution in [-0.4, -0.2) is 74.2 Å². The predicted molar refractivity (Wildman–Crippen MR) is 235 cm³/mol. The first-order valence-corrected chi connectivity index (χ1v) is 23.3. The second kappa shape index (κ2) is 17.7. The van der Waals surface area contributed by atoms with Gasteiger partial charge in [0.15, 0.2) is 5.60 Å². The number of aliphatic hydroxyl groups excluding tert-OH is 1. The van der Waals surface area contributed by atoms with Crippen LogP contribution in [-0.2, 0) is 33.0 Å². The standard InChI is InChI=1S/C47H50N4O9Si/c1-31-44(61(4,5)39-22-20-38(59-3)21-23-39)42(28-43(53)49(25-26-52)29-32-9-7-6-8-10-32)60-47(31)40-27-36(51(56)57)17-24-41(40)50(46(47)55)30-33-11-15-35(16-12-33)48-45(54)34-13-18-37(58-2)19-14-34/h6-24,27,31,42,44,52H,25-26,28-30H2,1-5H3,(H,48,54)/t31-,42+,44-,47+/m1/s1. The number of methoxy groups -OCH3 is 2. The first kappa shape index (κ1) is 42.8. The summed E-state index contributed by atoms with van der Waals surface area (Å²) in [5.74, 6) is -0.0930. The van der Waals surface area contributed by atoms with Crippen LogP contribution in [0.15, 0.2) is 121 Å². The van der Waals surface area contributed by atoms with E-state index in [1.165, 1.54) is 12.1 Å². The van der Waals surface area contributed by atoms with Crippen LogP contribution >= 0.6 is 0 Å². The first-order chi connectivity index (χ1) is 29.3. The Bertz CT molecular complexity index is 2390. The zero-order chi connectivity index (χ0) is 43.5. The SMILES string of the molecule is COc1ccc(C(=O)Nc2ccc(CN3C(=O)[C@@]4(O[C@@H](CC(=O)N(CCO)Cc5ccccc5)[C@H]([Si](C)(C)c5ccc(OC)cc5)[C@H]4C)c4cc([N+](=O)[O-])ccc43)cc2)cc1. The molecule has 0 aliphatic carbocycles. The molecule has 1 spiro atoms. The van der Waals surface area contributed by atoms with Gasteiger partial charge in [-0.2, -0.15) is 0 Å². The maximum atomic E-state index is 15.3. The van der Waals surface area contributed by atoms with Gasteiger partial charge in [0.25, 0.3) is 17.5 Å². The van der Waals surface area contributed by atoms with Gasteiger partial charge in [0.05, 0.1) is 58.6 Å². The lowest BCUT2D eigenvalue weighted by Gasteiger charge is -2.37. The Hall–Kier alpha value is -6.35. The summed E-state index contributed by atoms with van der Waals surface area (Å²) < 4.78 is 17.8. The number of ether oxygens (including phenoxy) is 3. The van der Waals surface area contributed by atoms with Crippen molar-refractivity contribution in [1.29, 1.82) is 0 Å². The molecule has 2 aliphatic heterocycles. The van der Waals surface area contributed by atoms with Crippen molar-refractivity contribution in [2.75, 3.05) is 37.6 Å². The normalized spacial score (nSPS) is 19.4. The highest BCUT2D eigenvalue weighted by molar-refractivity contribution is 6.91. The summed E-state index contributed by atoms with van der Waals surface area (Å²) in [5, 5.41) is 26.3. The van der Waals surface area contributed by atoms with Gasteiger partial charge in [0.1, 0.15) is 11.5 Å². The van der Waals surface area contributed by atoms with E-state index < -0.39 is 30.6 Å². The maximum absolute atomic E-state index is 15.3. The van der Waals surface area contributed by atoms with Gasteiger partial charge < -0.3 is 34.4 Å². The van der Waals surface area contributed by atoms with E-state index in [0.29, 0.717) is 34.0 Å².